The van der Waals surface area contributed by atoms with Crippen LogP contribution in [0.15, 0.2) is 41.7 Å². The Morgan fingerprint density at radius 1 is 1.32 bits per heavy atom. The van der Waals surface area contributed by atoms with Gasteiger partial charge in [-0.3, -0.25) is 0 Å². The number of nitrogens with two attached hydrogens (primary N) is 1. The van der Waals surface area contributed by atoms with Crippen LogP contribution in [0.5, 0.6) is 0 Å². The van der Waals surface area contributed by atoms with Crippen molar-refractivity contribution in [1.29, 1.82) is 0 Å². The van der Waals surface area contributed by atoms with Gasteiger partial charge in [-0.1, -0.05) is 29.4 Å². The summed E-state index contributed by atoms with van der Waals surface area (Å²) in [7, 11) is 1.83. The zero-order valence-corrected chi connectivity index (χ0v) is 14.8. The number of nitrogens with zero attached hydrogens (tertiary/aromatic N) is 4. The first-order chi connectivity index (χ1) is 12.0. The Kier molecular flexibility index (Phi) is 4.91. The molecule has 0 radical (unpaired) electrons. The van der Waals surface area contributed by atoms with Gasteiger partial charge in [0, 0.05) is 29.6 Å². The zero-order valence-electron chi connectivity index (χ0n) is 13.2. The Labute approximate surface area is 152 Å². The fraction of sp³-hybridized carbons (Fsp3) is 0.125. The molecule has 128 valence electrons. The van der Waals surface area contributed by atoms with Gasteiger partial charge in [0.05, 0.1) is 5.56 Å². The SMILES string of the molecule is Cn1c(SCc2c(Cl)cccc2C(=O)O)nnc1-c1ccc(N)nc1. The molecule has 0 saturated heterocycles. The van der Waals surface area contributed by atoms with Gasteiger partial charge in [-0.2, -0.15) is 0 Å². The van der Waals surface area contributed by atoms with E-state index in [9.17, 15) is 9.90 Å². The molecule has 25 heavy (non-hydrogen) atoms. The summed E-state index contributed by atoms with van der Waals surface area (Å²) in [6, 6.07) is 8.34. The Bertz CT molecular complexity index is 927. The summed E-state index contributed by atoms with van der Waals surface area (Å²) in [4.78, 5) is 15.4. The number of aromatic nitrogens is 4. The third-order valence-corrected chi connectivity index (χ3v) is 4.98. The monoisotopic (exact) mass is 375 g/mol. The molecule has 0 spiro atoms. The third-order valence-electron chi connectivity index (χ3n) is 3.57. The number of hydrogen-bond acceptors (Lipinski definition) is 6. The number of thioether (sulfide) groups is 1. The predicted molar refractivity (Wildman–Crippen MR) is 96.6 cm³/mol. The summed E-state index contributed by atoms with van der Waals surface area (Å²) in [5.41, 5.74) is 7.13. The first-order valence-corrected chi connectivity index (χ1v) is 8.58. The molecule has 0 fully saturated rings. The summed E-state index contributed by atoms with van der Waals surface area (Å²) in [6.45, 7) is 0. The minimum atomic E-state index is -1.01. The van der Waals surface area contributed by atoms with Crippen LogP contribution in [0.1, 0.15) is 15.9 Å². The maximum atomic E-state index is 11.4. The molecular weight excluding hydrogens is 362 g/mol. The van der Waals surface area contributed by atoms with Crippen molar-refractivity contribution in [2.75, 3.05) is 5.73 Å². The van der Waals surface area contributed by atoms with Crippen LogP contribution in [0.3, 0.4) is 0 Å². The Balaban J connectivity index is 1.84. The molecule has 0 unspecified atom stereocenters. The van der Waals surface area contributed by atoms with Crippen LogP contribution in [-0.2, 0) is 12.8 Å². The summed E-state index contributed by atoms with van der Waals surface area (Å²) in [5, 5.41) is 18.7. The molecule has 0 atom stereocenters. The topological polar surface area (TPSA) is 107 Å². The second kappa shape index (κ2) is 7.12. The highest BCUT2D eigenvalue weighted by Crippen LogP contribution is 2.29. The van der Waals surface area contributed by atoms with Gasteiger partial charge in [0.2, 0.25) is 0 Å². The van der Waals surface area contributed by atoms with Crippen molar-refractivity contribution < 1.29 is 9.90 Å². The number of benzene rings is 1. The van der Waals surface area contributed by atoms with Crippen LogP contribution in [0.4, 0.5) is 5.82 Å². The molecule has 3 rings (SSSR count). The van der Waals surface area contributed by atoms with E-state index < -0.39 is 5.97 Å². The molecule has 1 aromatic carbocycles. The van der Waals surface area contributed by atoms with Gasteiger partial charge < -0.3 is 15.4 Å². The quantitative estimate of drug-likeness (QED) is 0.659. The van der Waals surface area contributed by atoms with E-state index in [2.05, 4.69) is 15.2 Å². The summed E-state index contributed by atoms with van der Waals surface area (Å²) in [5.74, 6) is 0.436. The number of carboxylic acids is 1. The molecule has 0 amide bonds. The molecule has 2 heterocycles. The van der Waals surface area contributed by atoms with Crippen molar-refractivity contribution in [3.8, 4) is 11.4 Å². The van der Waals surface area contributed by atoms with Crippen molar-refractivity contribution in [3.63, 3.8) is 0 Å². The van der Waals surface area contributed by atoms with Crippen LogP contribution < -0.4 is 5.73 Å². The van der Waals surface area contributed by atoms with E-state index in [1.807, 2.05) is 17.7 Å². The molecule has 3 aromatic rings. The minimum absolute atomic E-state index is 0.185. The first kappa shape index (κ1) is 17.2. The van der Waals surface area contributed by atoms with Gasteiger partial charge in [0.15, 0.2) is 11.0 Å². The largest absolute Gasteiger partial charge is 0.478 e. The zero-order chi connectivity index (χ0) is 18.0. The van der Waals surface area contributed by atoms with Crippen LogP contribution in [0.25, 0.3) is 11.4 Å². The molecule has 2 aromatic heterocycles. The lowest BCUT2D eigenvalue weighted by Crippen LogP contribution is -2.02. The summed E-state index contributed by atoms with van der Waals surface area (Å²) in [6.07, 6.45) is 1.63. The van der Waals surface area contributed by atoms with Crippen molar-refractivity contribution in [3.05, 3.63) is 52.7 Å². The van der Waals surface area contributed by atoms with Crippen LogP contribution in [-0.4, -0.2) is 30.8 Å². The lowest BCUT2D eigenvalue weighted by Gasteiger charge is -2.08. The van der Waals surface area contributed by atoms with E-state index >= 15 is 0 Å². The maximum Gasteiger partial charge on any atom is 0.336 e. The summed E-state index contributed by atoms with van der Waals surface area (Å²) >= 11 is 7.52. The van der Waals surface area contributed by atoms with E-state index in [0.29, 0.717) is 33.1 Å². The normalized spacial score (nSPS) is 10.8. The number of carboxylic acid groups (broad SMARTS) is 1. The lowest BCUT2D eigenvalue weighted by molar-refractivity contribution is 0.0696. The van der Waals surface area contributed by atoms with Gasteiger partial charge >= 0.3 is 5.97 Å². The standard InChI is InChI=1S/C16H14ClN5O2S/c1-22-14(9-5-6-13(18)19-7-9)20-21-16(22)25-8-11-10(15(23)24)3-2-4-12(11)17/h2-7H,8H2,1H3,(H2,18,19)(H,23,24). The number of carbonyl (C=O) groups is 1. The Morgan fingerprint density at radius 2 is 2.12 bits per heavy atom. The lowest BCUT2D eigenvalue weighted by atomic mass is 10.1. The van der Waals surface area contributed by atoms with Gasteiger partial charge in [-0.15, -0.1) is 10.2 Å². The van der Waals surface area contributed by atoms with Gasteiger partial charge in [-0.05, 0) is 29.8 Å². The van der Waals surface area contributed by atoms with E-state index in [0.717, 1.165) is 5.56 Å². The van der Waals surface area contributed by atoms with E-state index in [4.69, 9.17) is 17.3 Å². The number of anilines is 1. The van der Waals surface area contributed by atoms with Gasteiger partial charge in [-0.25, -0.2) is 9.78 Å². The molecule has 7 nitrogen and oxygen atoms in total. The molecule has 0 saturated carbocycles. The molecule has 0 aliphatic rings. The van der Waals surface area contributed by atoms with Crippen LogP contribution in [0.2, 0.25) is 5.02 Å². The highest BCUT2D eigenvalue weighted by atomic mass is 35.5. The fourth-order valence-corrected chi connectivity index (χ4v) is 3.56. The van der Waals surface area contributed by atoms with Crippen molar-refractivity contribution in [1.82, 2.24) is 19.7 Å². The molecule has 3 N–H and O–H groups in total. The van der Waals surface area contributed by atoms with E-state index in [1.54, 1.807) is 24.4 Å². The van der Waals surface area contributed by atoms with Crippen molar-refractivity contribution in [2.45, 2.75) is 10.9 Å². The minimum Gasteiger partial charge on any atom is -0.478 e. The molecule has 9 heteroatoms. The van der Waals surface area contributed by atoms with Crippen molar-refractivity contribution >= 4 is 35.1 Å². The number of rotatable bonds is 5. The maximum absolute atomic E-state index is 11.4. The molecule has 0 aliphatic heterocycles. The van der Waals surface area contributed by atoms with E-state index in [1.165, 1.54) is 17.8 Å². The highest BCUT2D eigenvalue weighted by Gasteiger charge is 2.16. The first-order valence-electron chi connectivity index (χ1n) is 7.22. The number of nitrogen functional groups attached to an aromatic ring is 1. The van der Waals surface area contributed by atoms with E-state index in [-0.39, 0.29) is 5.56 Å². The van der Waals surface area contributed by atoms with Gasteiger partial charge in [0.1, 0.15) is 5.82 Å². The average molecular weight is 376 g/mol. The molecule has 0 aliphatic carbocycles. The predicted octanol–water partition coefficient (Wildman–Crippen LogP) is 3.10. The van der Waals surface area contributed by atoms with Crippen LogP contribution in [0, 0.1) is 0 Å². The van der Waals surface area contributed by atoms with Gasteiger partial charge in [0.25, 0.3) is 0 Å². The average Bonchev–Trinajstić information content (AvgIpc) is 2.95. The Hall–Kier alpha value is -2.58. The fourth-order valence-electron chi connectivity index (χ4n) is 2.27. The molecular formula is C16H14ClN5O2S. The smallest absolute Gasteiger partial charge is 0.336 e. The number of halogens is 1. The van der Waals surface area contributed by atoms with Crippen LogP contribution >= 0.6 is 23.4 Å². The van der Waals surface area contributed by atoms with Crippen molar-refractivity contribution in [2.24, 2.45) is 7.05 Å². The molecule has 0 bridgehead atoms. The number of aromatic carboxylic acids is 1. The number of hydrogen-bond donors (Lipinski definition) is 2. The Morgan fingerprint density at radius 3 is 2.80 bits per heavy atom. The summed E-state index contributed by atoms with van der Waals surface area (Å²) < 4.78 is 1.81. The highest BCUT2D eigenvalue weighted by molar-refractivity contribution is 7.98. The number of pyridine rings is 1. The third kappa shape index (κ3) is 3.59. The second-order valence-corrected chi connectivity index (χ2v) is 6.55. The second-order valence-electron chi connectivity index (χ2n) is 5.20.